The molecule has 2 heteroatoms. The predicted molar refractivity (Wildman–Crippen MR) is 80.6 cm³/mol. The van der Waals surface area contributed by atoms with Crippen molar-refractivity contribution in [2.75, 3.05) is 7.11 Å². The molecule has 0 spiro atoms. The van der Waals surface area contributed by atoms with Crippen molar-refractivity contribution in [3.05, 3.63) is 71.8 Å². The molecule has 0 aromatic heterocycles. The first-order chi connectivity index (χ1) is 9.79. The van der Waals surface area contributed by atoms with E-state index >= 15 is 0 Å². The minimum atomic E-state index is -0.146. The molecular formula is C18H20O2. The summed E-state index contributed by atoms with van der Waals surface area (Å²) in [6, 6.07) is 20.6. The number of benzene rings is 2. The largest absolute Gasteiger partial charge is 0.469 e. The molecule has 0 radical (unpaired) electrons. The van der Waals surface area contributed by atoms with Gasteiger partial charge in [0.1, 0.15) is 0 Å². The standard InChI is InChI=1S/C18H20O2/c1-20-18(19)14-17(16-10-6-3-7-11-16)13-12-15-8-4-2-5-9-15/h2-11,17H,12-14H2,1H3/t17-/m0/s1. The summed E-state index contributed by atoms with van der Waals surface area (Å²) >= 11 is 0. The molecule has 0 aliphatic rings. The zero-order chi connectivity index (χ0) is 14.2. The van der Waals surface area contributed by atoms with Gasteiger partial charge in [-0.05, 0) is 29.9 Å². The third-order valence-electron chi connectivity index (χ3n) is 3.54. The number of rotatable bonds is 6. The fraction of sp³-hybridized carbons (Fsp3) is 0.278. The second-order valence-corrected chi connectivity index (χ2v) is 4.91. The number of esters is 1. The van der Waals surface area contributed by atoms with E-state index in [9.17, 15) is 4.79 Å². The van der Waals surface area contributed by atoms with Gasteiger partial charge in [0.15, 0.2) is 0 Å². The van der Waals surface area contributed by atoms with Gasteiger partial charge in [0.05, 0.1) is 13.5 Å². The molecule has 0 saturated carbocycles. The van der Waals surface area contributed by atoms with Crippen molar-refractivity contribution in [3.8, 4) is 0 Å². The van der Waals surface area contributed by atoms with Crippen LogP contribution in [-0.4, -0.2) is 13.1 Å². The van der Waals surface area contributed by atoms with E-state index in [1.54, 1.807) is 0 Å². The summed E-state index contributed by atoms with van der Waals surface area (Å²) in [5.74, 6) is 0.0655. The summed E-state index contributed by atoms with van der Waals surface area (Å²) in [6.07, 6.45) is 2.36. The Hall–Kier alpha value is -2.09. The normalized spacial score (nSPS) is 11.8. The Morgan fingerprint density at radius 2 is 1.60 bits per heavy atom. The van der Waals surface area contributed by atoms with Crippen LogP contribution in [0.2, 0.25) is 0 Å². The van der Waals surface area contributed by atoms with Gasteiger partial charge in [-0.25, -0.2) is 0 Å². The summed E-state index contributed by atoms with van der Waals surface area (Å²) in [5, 5.41) is 0. The van der Waals surface area contributed by atoms with Crippen LogP contribution in [0.5, 0.6) is 0 Å². The highest BCUT2D eigenvalue weighted by atomic mass is 16.5. The van der Waals surface area contributed by atoms with E-state index in [4.69, 9.17) is 4.74 Å². The quantitative estimate of drug-likeness (QED) is 0.741. The van der Waals surface area contributed by atoms with E-state index in [1.807, 2.05) is 36.4 Å². The SMILES string of the molecule is COC(=O)C[C@H](CCc1ccccc1)c1ccccc1. The highest BCUT2D eigenvalue weighted by molar-refractivity contribution is 5.70. The van der Waals surface area contributed by atoms with Crippen molar-refractivity contribution < 1.29 is 9.53 Å². The topological polar surface area (TPSA) is 26.3 Å². The van der Waals surface area contributed by atoms with Gasteiger partial charge in [-0.1, -0.05) is 60.7 Å². The van der Waals surface area contributed by atoms with Gasteiger partial charge in [-0.15, -0.1) is 0 Å². The van der Waals surface area contributed by atoms with Crippen LogP contribution >= 0.6 is 0 Å². The monoisotopic (exact) mass is 268 g/mol. The average Bonchev–Trinajstić information content (AvgIpc) is 2.53. The van der Waals surface area contributed by atoms with E-state index in [0.29, 0.717) is 6.42 Å². The van der Waals surface area contributed by atoms with E-state index in [2.05, 4.69) is 24.3 Å². The van der Waals surface area contributed by atoms with Crippen LogP contribution in [0.25, 0.3) is 0 Å². The van der Waals surface area contributed by atoms with Crippen LogP contribution in [0.15, 0.2) is 60.7 Å². The lowest BCUT2D eigenvalue weighted by Crippen LogP contribution is -2.09. The Morgan fingerprint density at radius 3 is 2.20 bits per heavy atom. The molecule has 0 saturated heterocycles. The first-order valence-electron chi connectivity index (χ1n) is 6.95. The molecule has 0 unspecified atom stereocenters. The van der Waals surface area contributed by atoms with Gasteiger partial charge in [-0.3, -0.25) is 4.79 Å². The molecule has 2 aromatic rings. The van der Waals surface area contributed by atoms with Gasteiger partial charge in [0.2, 0.25) is 0 Å². The molecule has 0 aliphatic carbocycles. The molecule has 0 fully saturated rings. The molecule has 0 bridgehead atoms. The Balaban J connectivity index is 2.05. The van der Waals surface area contributed by atoms with Gasteiger partial charge in [0, 0.05) is 0 Å². The maximum Gasteiger partial charge on any atom is 0.306 e. The summed E-state index contributed by atoms with van der Waals surface area (Å²) < 4.78 is 4.82. The molecule has 0 amide bonds. The first kappa shape index (κ1) is 14.3. The maximum atomic E-state index is 11.6. The summed E-state index contributed by atoms with van der Waals surface area (Å²) in [4.78, 5) is 11.6. The number of ether oxygens (including phenoxy) is 1. The lowest BCUT2D eigenvalue weighted by atomic mass is 9.90. The van der Waals surface area contributed by atoms with Crippen LogP contribution < -0.4 is 0 Å². The second-order valence-electron chi connectivity index (χ2n) is 4.91. The highest BCUT2D eigenvalue weighted by Gasteiger charge is 2.16. The second kappa shape index (κ2) is 7.49. The number of carbonyl (C=O) groups is 1. The van der Waals surface area contributed by atoms with Crippen LogP contribution in [0.4, 0.5) is 0 Å². The highest BCUT2D eigenvalue weighted by Crippen LogP contribution is 2.25. The molecule has 2 rings (SSSR count). The molecule has 0 heterocycles. The third-order valence-corrected chi connectivity index (χ3v) is 3.54. The number of aryl methyl sites for hydroxylation is 1. The van der Waals surface area contributed by atoms with Gasteiger partial charge in [-0.2, -0.15) is 0 Å². The van der Waals surface area contributed by atoms with Crippen molar-refractivity contribution >= 4 is 5.97 Å². The third kappa shape index (κ3) is 4.23. The molecule has 2 aromatic carbocycles. The fourth-order valence-corrected chi connectivity index (χ4v) is 2.38. The van der Waals surface area contributed by atoms with E-state index in [1.165, 1.54) is 18.2 Å². The van der Waals surface area contributed by atoms with Crippen molar-refractivity contribution in [1.29, 1.82) is 0 Å². The van der Waals surface area contributed by atoms with Crippen molar-refractivity contribution in [3.63, 3.8) is 0 Å². The molecule has 2 nitrogen and oxygen atoms in total. The van der Waals surface area contributed by atoms with Crippen LogP contribution in [0.1, 0.15) is 29.9 Å². The Kier molecular flexibility index (Phi) is 5.36. The van der Waals surface area contributed by atoms with Crippen molar-refractivity contribution in [2.45, 2.75) is 25.2 Å². The van der Waals surface area contributed by atoms with Crippen molar-refractivity contribution in [1.82, 2.24) is 0 Å². The zero-order valence-corrected chi connectivity index (χ0v) is 11.8. The number of hydrogen-bond acceptors (Lipinski definition) is 2. The minimum absolute atomic E-state index is 0.146. The number of carbonyl (C=O) groups excluding carboxylic acids is 1. The lowest BCUT2D eigenvalue weighted by Gasteiger charge is -2.16. The van der Waals surface area contributed by atoms with Crippen LogP contribution in [0, 0.1) is 0 Å². The summed E-state index contributed by atoms with van der Waals surface area (Å²) in [6.45, 7) is 0. The number of methoxy groups -OCH3 is 1. The van der Waals surface area contributed by atoms with Crippen molar-refractivity contribution in [2.24, 2.45) is 0 Å². The van der Waals surface area contributed by atoms with Gasteiger partial charge in [0.25, 0.3) is 0 Å². The maximum absolute atomic E-state index is 11.6. The van der Waals surface area contributed by atoms with Gasteiger partial charge < -0.3 is 4.74 Å². The number of hydrogen-bond donors (Lipinski definition) is 0. The molecule has 20 heavy (non-hydrogen) atoms. The lowest BCUT2D eigenvalue weighted by molar-refractivity contribution is -0.141. The van der Waals surface area contributed by atoms with Gasteiger partial charge >= 0.3 is 5.97 Å². The zero-order valence-electron chi connectivity index (χ0n) is 11.8. The Labute approximate surface area is 120 Å². The molecule has 0 aliphatic heterocycles. The van der Waals surface area contributed by atoms with Crippen LogP contribution in [0.3, 0.4) is 0 Å². The van der Waals surface area contributed by atoms with E-state index in [0.717, 1.165) is 12.8 Å². The van der Waals surface area contributed by atoms with E-state index in [-0.39, 0.29) is 11.9 Å². The Bertz CT molecular complexity index is 520. The average molecular weight is 268 g/mol. The van der Waals surface area contributed by atoms with E-state index < -0.39 is 0 Å². The fourth-order valence-electron chi connectivity index (χ4n) is 2.38. The van der Waals surface area contributed by atoms with Crippen LogP contribution in [-0.2, 0) is 16.0 Å². The summed E-state index contributed by atoms with van der Waals surface area (Å²) in [5.41, 5.74) is 2.51. The molecular weight excluding hydrogens is 248 g/mol. The summed E-state index contributed by atoms with van der Waals surface area (Å²) in [7, 11) is 1.45. The predicted octanol–water partition coefficient (Wildman–Crippen LogP) is 3.97. The smallest absolute Gasteiger partial charge is 0.306 e. The first-order valence-corrected chi connectivity index (χ1v) is 6.95. The molecule has 0 N–H and O–H groups in total. The molecule has 1 atom stereocenters. The minimum Gasteiger partial charge on any atom is -0.469 e. The molecule has 104 valence electrons. The Morgan fingerprint density at radius 1 is 1.00 bits per heavy atom.